The predicted octanol–water partition coefficient (Wildman–Crippen LogP) is 1.36. The summed E-state index contributed by atoms with van der Waals surface area (Å²) in [6, 6.07) is 4.05. The first kappa shape index (κ1) is 16.7. The van der Waals surface area contributed by atoms with Crippen LogP contribution >= 0.6 is 22.6 Å². The van der Waals surface area contributed by atoms with E-state index in [0.717, 1.165) is 25.9 Å². The number of carbonyl (C=O) groups is 1. The maximum Gasteiger partial charge on any atom is 0.336 e. The van der Waals surface area contributed by atoms with Crippen molar-refractivity contribution in [2.45, 2.75) is 23.8 Å². The fourth-order valence-electron chi connectivity index (χ4n) is 2.25. The Morgan fingerprint density at radius 2 is 2.00 bits per heavy atom. The second-order valence-corrected chi connectivity index (χ2v) is 8.02. The number of nitrogens with one attached hydrogen (secondary N) is 1. The highest BCUT2D eigenvalue weighted by Crippen LogP contribution is 2.19. The van der Waals surface area contributed by atoms with E-state index in [9.17, 15) is 13.2 Å². The van der Waals surface area contributed by atoms with E-state index < -0.39 is 16.0 Å². The molecule has 1 fully saturated rings. The van der Waals surface area contributed by atoms with Crippen molar-refractivity contribution in [2.75, 3.05) is 20.1 Å². The Morgan fingerprint density at radius 1 is 1.38 bits per heavy atom. The minimum atomic E-state index is -3.69. The Morgan fingerprint density at radius 3 is 2.57 bits per heavy atom. The van der Waals surface area contributed by atoms with Gasteiger partial charge >= 0.3 is 5.97 Å². The number of benzene rings is 1. The highest BCUT2D eigenvalue weighted by atomic mass is 127. The van der Waals surface area contributed by atoms with Crippen LogP contribution in [0, 0.1) is 3.57 Å². The highest BCUT2D eigenvalue weighted by Gasteiger charge is 2.24. The van der Waals surface area contributed by atoms with Gasteiger partial charge in [0.05, 0.1) is 10.5 Å². The number of nitrogens with zero attached hydrogens (tertiary/aromatic N) is 1. The van der Waals surface area contributed by atoms with Crippen molar-refractivity contribution >= 4 is 38.6 Å². The monoisotopic (exact) mass is 424 g/mol. The summed E-state index contributed by atoms with van der Waals surface area (Å²) in [6.45, 7) is 1.69. The van der Waals surface area contributed by atoms with E-state index in [-0.39, 0.29) is 16.5 Å². The molecule has 0 saturated carbocycles. The topological polar surface area (TPSA) is 86.7 Å². The van der Waals surface area contributed by atoms with Gasteiger partial charge in [0.1, 0.15) is 0 Å². The molecule has 0 aromatic heterocycles. The molecule has 0 spiro atoms. The maximum absolute atomic E-state index is 12.3. The van der Waals surface area contributed by atoms with Crippen molar-refractivity contribution in [3.8, 4) is 0 Å². The fraction of sp³-hybridized carbons (Fsp3) is 0.462. The van der Waals surface area contributed by atoms with Crippen LogP contribution in [0.5, 0.6) is 0 Å². The predicted molar refractivity (Wildman–Crippen MR) is 87.0 cm³/mol. The average Bonchev–Trinajstić information content (AvgIpc) is 2.41. The zero-order valence-corrected chi connectivity index (χ0v) is 14.5. The Balaban J connectivity index is 2.20. The van der Waals surface area contributed by atoms with Crippen LogP contribution in [-0.2, 0) is 10.0 Å². The number of sulfonamides is 1. The summed E-state index contributed by atoms with van der Waals surface area (Å²) in [5.74, 6) is -1.13. The van der Waals surface area contributed by atoms with Gasteiger partial charge in [-0.3, -0.25) is 0 Å². The number of halogens is 1. The molecule has 0 unspecified atom stereocenters. The zero-order valence-electron chi connectivity index (χ0n) is 11.5. The lowest BCUT2D eigenvalue weighted by Gasteiger charge is -2.29. The van der Waals surface area contributed by atoms with Crippen LogP contribution in [0.3, 0.4) is 0 Å². The number of hydrogen-bond acceptors (Lipinski definition) is 4. The first-order chi connectivity index (χ1) is 9.79. The van der Waals surface area contributed by atoms with E-state index >= 15 is 0 Å². The second kappa shape index (κ2) is 6.59. The molecule has 1 aromatic rings. The molecule has 21 heavy (non-hydrogen) atoms. The quantitative estimate of drug-likeness (QED) is 0.714. The van der Waals surface area contributed by atoms with Gasteiger partial charge in [0.2, 0.25) is 10.0 Å². The normalized spacial score (nSPS) is 17.8. The molecule has 0 atom stereocenters. The highest BCUT2D eigenvalue weighted by molar-refractivity contribution is 14.1. The van der Waals surface area contributed by atoms with Crippen molar-refractivity contribution in [3.05, 3.63) is 27.3 Å². The van der Waals surface area contributed by atoms with Gasteiger partial charge in [0, 0.05) is 9.61 Å². The van der Waals surface area contributed by atoms with Crippen molar-refractivity contribution in [1.29, 1.82) is 0 Å². The van der Waals surface area contributed by atoms with Crippen LogP contribution in [0.2, 0.25) is 0 Å². The Labute approximate surface area is 137 Å². The summed E-state index contributed by atoms with van der Waals surface area (Å²) < 4.78 is 27.9. The van der Waals surface area contributed by atoms with Crippen LogP contribution in [0.15, 0.2) is 23.1 Å². The number of carboxylic acids is 1. The summed E-state index contributed by atoms with van der Waals surface area (Å²) >= 11 is 1.88. The molecule has 116 valence electrons. The van der Waals surface area contributed by atoms with Crippen LogP contribution in [-0.4, -0.2) is 50.6 Å². The van der Waals surface area contributed by atoms with E-state index in [1.807, 2.05) is 29.6 Å². The third-order valence-corrected chi connectivity index (χ3v) is 5.98. The molecule has 0 bridgehead atoms. The lowest BCUT2D eigenvalue weighted by atomic mass is 10.1. The van der Waals surface area contributed by atoms with Gasteiger partial charge < -0.3 is 10.0 Å². The number of likely N-dealkylation sites (tertiary alicyclic amines) is 1. The summed E-state index contributed by atoms with van der Waals surface area (Å²) in [5, 5.41) is 9.08. The van der Waals surface area contributed by atoms with Crippen molar-refractivity contribution in [2.24, 2.45) is 0 Å². The molecule has 6 nitrogen and oxygen atoms in total. The Hall–Kier alpha value is -0.710. The molecule has 0 radical (unpaired) electrons. The molecular weight excluding hydrogens is 407 g/mol. The summed E-state index contributed by atoms with van der Waals surface area (Å²) in [5.41, 5.74) is 0.00172. The SMILES string of the molecule is CN1CCC(NS(=O)(=O)c2ccc(I)c(C(=O)O)c2)CC1. The third kappa shape index (κ3) is 4.15. The first-order valence-corrected chi connectivity index (χ1v) is 9.09. The lowest BCUT2D eigenvalue weighted by molar-refractivity contribution is 0.0695. The van der Waals surface area contributed by atoms with E-state index in [2.05, 4.69) is 9.62 Å². The van der Waals surface area contributed by atoms with Gasteiger partial charge in [-0.05, 0) is 73.8 Å². The van der Waals surface area contributed by atoms with E-state index in [4.69, 9.17) is 5.11 Å². The molecule has 1 saturated heterocycles. The number of hydrogen-bond donors (Lipinski definition) is 2. The van der Waals surface area contributed by atoms with Crippen molar-refractivity contribution < 1.29 is 18.3 Å². The molecule has 2 rings (SSSR count). The van der Waals surface area contributed by atoms with Crippen molar-refractivity contribution in [1.82, 2.24) is 9.62 Å². The van der Waals surface area contributed by atoms with Gasteiger partial charge in [-0.25, -0.2) is 17.9 Å². The zero-order chi connectivity index (χ0) is 15.6. The maximum atomic E-state index is 12.3. The number of piperidine rings is 1. The lowest BCUT2D eigenvalue weighted by Crippen LogP contribution is -2.43. The van der Waals surface area contributed by atoms with Gasteiger partial charge in [-0.2, -0.15) is 0 Å². The minimum Gasteiger partial charge on any atom is -0.478 e. The van der Waals surface area contributed by atoms with E-state index in [0.29, 0.717) is 3.57 Å². The summed E-state index contributed by atoms with van der Waals surface area (Å²) in [7, 11) is -1.68. The van der Waals surface area contributed by atoms with Gasteiger partial charge in [0.15, 0.2) is 0 Å². The standard InChI is InChI=1S/C13H17IN2O4S/c1-16-6-4-9(5-7-16)15-21(19,20)10-2-3-12(14)11(8-10)13(17)18/h2-3,8-9,15H,4-7H2,1H3,(H,17,18). The number of rotatable bonds is 4. The van der Waals surface area contributed by atoms with Gasteiger partial charge in [-0.1, -0.05) is 0 Å². The Kier molecular flexibility index (Phi) is 5.23. The van der Waals surface area contributed by atoms with E-state index in [1.165, 1.54) is 18.2 Å². The molecule has 1 aliphatic rings. The van der Waals surface area contributed by atoms with E-state index in [1.54, 1.807) is 0 Å². The minimum absolute atomic E-state index is 0.000700. The molecule has 1 aliphatic heterocycles. The molecule has 8 heteroatoms. The first-order valence-electron chi connectivity index (χ1n) is 6.53. The molecule has 1 heterocycles. The molecule has 0 aliphatic carbocycles. The van der Waals surface area contributed by atoms with Crippen LogP contribution < -0.4 is 4.72 Å². The largest absolute Gasteiger partial charge is 0.478 e. The third-order valence-electron chi connectivity index (χ3n) is 3.52. The summed E-state index contributed by atoms with van der Waals surface area (Å²) in [4.78, 5) is 13.3. The average molecular weight is 424 g/mol. The van der Waals surface area contributed by atoms with Crippen LogP contribution in [0.25, 0.3) is 0 Å². The Bertz CT molecular complexity index is 640. The van der Waals surface area contributed by atoms with Gasteiger partial charge in [0.25, 0.3) is 0 Å². The van der Waals surface area contributed by atoms with Gasteiger partial charge in [-0.15, -0.1) is 0 Å². The van der Waals surface area contributed by atoms with Crippen molar-refractivity contribution in [3.63, 3.8) is 0 Å². The second-order valence-electron chi connectivity index (χ2n) is 5.15. The van der Waals surface area contributed by atoms with Crippen LogP contribution in [0.4, 0.5) is 0 Å². The molecule has 0 amide bonds. The smallest absolute Gasteiger partial charge is 0.336 e. The number of aromatic carboxylic acids is 1. The number of carboxylic acid groups (broad SMARTS) is 1. The van der Waals surface area contributed by atoms with Crippen LogP contribution in [0.1, 0.15) is 23.2 Å². The fourth-order valence-corrected chi connectivity index (χ4v) is 4.15. The molecule has 2 N–H and O–H groups in total. The molecular formula is C13H17IN2O4S. The molecule has 1 aromatic carbocycles. The summed E-state index contributed by atoms with van der Waals surface area (Å²) in [6.07, 6.45) is 1.51.